The lowest BCUT2D eigenvalue weighted by atomic mass is 10.1. The molecule has 0 unspecified atom stereocenters. The summed E-state index contributed by atoms with van der Waals surface area (Å²) in [6.45, 7) is 1.95. The van der Waals surface area contributed by atoms with Gasteiger partial charge in [0, 0.05) is 18.1 Å². The second kappa shape index (κ2) is 5.23. The highest BCUT2D eigenvalue weighted by Gasteiger charge is 2.16. The van der Waals surface area contributed by atoms with Gasteiger partial charge in [-0.2, -0.15) is 0 Å². The average Bonchev–Trinajstić information content (AvgIpc) is 2.39. The third-order valence-corrected chi connectivity index (χ3v) is 3.93. The van der Waals surface area contributed by atoms with Gasteiger partial charge in [0.05, 0.1) is 4.90 Å². The van der Waals surface area contributed by atoms with Crippen molar-refractivity contribution >= 4 is 21.7 Å². The van der Waals surface area contributed by atoms with E-state index in [9.17, 15) is 8.42 Å². The van der Waals surface area contributed by atoms with Crippen LogP contribution in [0.5, 0.6) is 0 Å². The maximum absolute atomic E-state index is 12.1. The normalized spacial score (nSPS) is 11.2. The first kappa shape index (κ1) is 13.3. The molecule has 0 spiro atoms. The molecule has 0 amide bonds. The van der Waals surface area contributed by atoms with Crippen molar-refractivity contribution in [1.29, 1.82) is 0 Å². The van der Waals surface area contributed by atoms with E-state index in [1.54, 1.807) is 12.1 Å². The highest BCUT2D eigenvalue weighted by Crippen LogP contribution is 2.19. The smallest absolute Gasteiger partial charge is 0.264 e. The molecule has 0 aliphatic carbocycles. The second-order valence-corrected chi connectivity index (χ2v) is 5.57. The average molecular weight is 278 g/mol. The minimum absolute atomic E-state index is 0.0284. The molecular formula is C12H14N4O2S. The van der Waals surface area contributed by atoms with E-state index in [0.717, 1.165) is 12.0 Å². The minimum Gasteiger partial charge on any atom is -0.398 e. The van der Waals surface area contributed by atoms with Crippen molar-refractivity contribution in [2.75, 3.05) is 10.5 Å². The van der Waals surface area contributed by atoms with Crippen molar-refractivity contribution < 1.29 is 8.42 Å². The topological polar surface area (TPSA) is 98.0 Å². The summed E-state index contributed by atoms with van der Waals surface area (Å²) in [5.41, 5.74) is 7.17. The molecule has 0 atom stereocenters. The fourth-order valence-electron chi connectivity index (χ4n) is 1.59. The third kappa shape index (κ3) is 3.00. The van der Waals surface area contributed by atoms with Crippen LogP contribution in [0.15, 0.2) is 41.6 Å². The van der Waals surface area contributed by atoms with E-state index >= 15 is 0 Å². The van der Waals surface area contributed by atoms with Gasteiger partial charge in [-0.1, -0.05) is 13.0 Å². The fraction of sp³-hybridized carbons (Fsp3) is 0.167. The van der Waals surface area contributed by atoms with Crippen LogP contribution >= 0.6 is 0 Å². The number of benzene rings is 1. The predicted molar refractivity (Wildman–Crippen MR) is 73.1 cm³/mol. The monoisotopic (exact) mass is 278 g/mol. The van der Waals surface area contributed by atoms with Gasteiger partial charge in [0.25, 0.3) is 10.0 Å². The fourth-order valence-corrected chi connectivity index (χ4v) is 2.59. The molecule has 0 saturated heterocycles. The molecule has 100 valence electrons. The van der Waals surface area contributed by atoms with Crippen LogP contribution in [-0.4, -0.2) is 18.4 Å². The zero-order valence-electron chi connectivity index (χ0n) is 10.4. The molecule has 1 aromatic heterocycles. The first-order valence-corrected chi connectivity index (χ1v) is 7.19. The maximum atomic E-state index is 12.1. The highest BCUT2D eigenvalue weighted by molar-refractivity contribution is 7.92. The van der Waals surface area contributed by atoms with E-state index in [1.807, 2.05) is 6.92 Å². The summed E-state index contributed by atoms with van der Waals surface area (Å²) in [5.74, 6) is 0.0284. The number of aromatic nitrogens is 2. The largest absolute Gasteiger partial charge is 0.398 e. The van der Waals surface area contributed by atoms with Gasteiger partial charge >= 0.3 is 0 Å². The van der Waals surface area contributed by atoms with E-state index in [1.165, 1.54) is 24.5 Å². The number of sulfonamides is 1. The Morgan fingerprint density at radius 3 is 2.53 bits per heavy atom. The van der Waals surface area contributed by atoms with E-state index in [0.29, 0.717) is 5.69 Å². The van der Waals surface area contributed by atoms with Crippen molar-refractivity contribution in [3.63, 3.8) is 0 Å². The number of rotatable bonds is 4. The highest BCUT2D eigenvalue weighted by atomic mass is 32.2. The number of hydrogen-bond donors (Lipinski definition) is 2. The summed E-state index contributed by atoms with van der Waals surface area (Å²) in [7, 11) is -3.72. The zero-order chi connectivity index (χ0) is 13.9. The van der Waals surface area contributed by atoms with E-state index in [-0.39, 0.29) is 10.8 Å². The molecular weight excluding hydrogens is 264 g/mol. The van der Waals surface area contributed by atoms with Gasteiger partial charge in [-0.15, -0.1) is 0 Å². The van der Waals surface area contributed by atoms with Crippen molar-refractivity contribution in [3.05, 3.63) is 42.2 Å². The Balaban J connectivity index is 2.32. The molecule has 2 aromatic rings. The molecule has 0 aliphatic heterocycles. The standard InChI is InChI=1S/C12H14N4O2S/c1-2-9-4-5-10(8-11(9)13)19(17,18)16-12-14-6-3-7-15-12/h3-8H,2,13H2,1H3,(H,14,15,16). The predicted octanol–water partition coefficient (Wildman–Crippen LogP) is 1.42. The van der Waals surface area contributed by atoms with E-state index in [4.69, 9.17) is 5.73 Å². The second-order valence-electron chi connectivity index (χ2n) is 3.89. The van der Waals surface area contributed by atoms with Gasteiger partial charge in [-0.25, -0.2) is 23.1 Å². The molecule has 0 bridgehead atoms. The summed E-state index contributed by atoms with van der Waals surface area (Å²) in [5, 5.41) is 0. The Labute approximate surface area is 111 Å². The van der Waals surface area contributed by atoms with Gasteiger partial charge in [-0.3, -0.25) is 0 Å². The van der Waals surface area contributed by atoms with E-state index in [2.05, 4.69) is 14.7 Å². The summed E-state index contributed by atoms with van der Waals surface area (Å²) in [4.78, 5) is 7.72. The van der Waals surface area contributed by atoms with Gasteiger partial charge in [-0.05, 0) is 30.2 Å². The molecule has 6 nitrogen and oxygen atoms in total. The number of aryl methyl sites for hydroxylation is 1. The van der Waals surface area contributed by atoms with Crippen LogP contribution < -0.4 is 10.5 Å². The van der Waals surface area contributed by atoms with Crippen LogP contribution in [0.3, 0.4) is 0 Å². The number of hydrogen-bond acceptors (Lipinski definition) is 5. The van der Waals surface area contributed by atoms with Crippen LogP contribution in [0, 0.1) is 0 Å². The molecule has 3 N–H and O–H groups in total. The molecule has 0 saturated carbocycles. The van der Waals surface area contributed by atoms with Crippen molar-refractivity contribution in [1.82, 2.24) is 9.97 Å². The van der Waals surface area contributed by atoms with Gasteiger partial charge in [0.15, 0.2) is 0 Å². The van der Waals surface area contributed by atoms with Crippen LogP contribution in [-0.2, 0) is 16.4 Å². The molecule has 1 aromatic carbocycles. The Morgan fingerprint density at radius 1 is 1.26 bits per heavy atom. The number of nitrogen functional groups attached to an aromatic ring is 1. The number of nitrogens with two attached hydrogens (primary N) is 1. The molecule has 0 fully saturated rings. The Kier molecular flexibility index (Phi) is 3.66. The van der Waals surface area contributed by atoms with E-state index < -0.39 is 10.0 Å². The van der Waals surface area contributed by atoms with Crippen molar-refractivity contribution in [3.8, 4) is 0 Å². The van der Waals surface area contributed by atoms with Crippen LogP contribution in [0.25, 0.3) is 0 Å². The molecule has 19 heavy (non-hydrogen) atoms. The van der Waals surface area contributed by atoms with Gasteiger partial charge < -0.3 is 5.73 Å². The minimum atomic E-state index is -3.72. The lowest BCUT2D eigenvalue weighted by molar-refractivity contribution is 0.601. The van der Waals surface area contributed by atoms with Gasteiger partial charge in [0.2, 0.25) is 5.95 Å². The van der Waals surface area contributed by atoms with Crippen LogP contribution in [0.2, 0.25) is 0 Å². The summed E-state index contributed by atoms with van der Waals surface area (Å²) >= 11 is 0. The lowest BCUT2D eigenvalue weighted by Crippen LogP contribution is -2.15. The third-order valence-electron chi connectivity index (χ3n) is 2.60. The summed E-state index contributed by atoms with van der Waals surface area (Å²) in [6.07, 6.45) is 3.67. The molecule has 1 heterocycles. The number of anilines is 2. The van der Waals surface area contributed by atoms with Crippen LogP contribution in [0.4, 0.5) is 11.6 Å². The molecule has 0 aliphatic rings. The number of nitrogens with zero attached hydrogens (tertiary/aromatic N) is 2. The summed E-state index contributed by atoms with van der Waals surface area (Å²) in [6, 6.07) is 6.26. The first-order chi connectivity index (χ1) is 9.03. The molecule has 0 radical (unpaired) electrons. The number of nitrogens with one attached hydrogen (secondary N) is 1. The van der Waals surface area contributed by atoms with Crippen molar-refractivity contribution in [2.24, 2.45) is 0 Å². The van der Waals surface area contributed by atoms with Crippen molar-refractivity contribution in [2.45, 2.75) is 18.2 Å². The lowest BCUT2D eigenvalue weighted by Gasteiger charge is -2.08. The van der Waals surface area contributed by atoms with Crippen LogP contribution in [0.1, 0.15) is 12.5 Å². The molecule has 2 rings (SSSR count). The summed E-state index contributed by atoms with van der Waals surface area (Å²) < 4.78 is 26.5. The Hall–Kier alpha value is -2.15. The first-order valence-electron chi connectivity index (χ1n) is 5.71. The van der Waals surface area contributed by atoms with Gasteiger partial charge in [0.1, 0.15) is 0 Å². The quantitative estimate of drug-likeness (QED) is 0.824. The Bertz CT molecular complexity index is 671. The Morgan fingerprint density at radius 2 is 1.95 bits per heavy atom. The SMILES string of the molecule is CCc1ccc(S(=O)(=O)Nc2ncccn2)cc1N. The molecule has 7 heteroatoms. The maximum Gasteiger partial charge on any atom is 0.264 e. The zero-order valence-corrected chi connectivity index (χ0v) is 11.2.